The summed E-state index contributed by atoms with van der Waals surface area (Å²) in [6.07, 6.45) is 4.48. The Balaban J connectivity index is 2.91. The Labute approximate surface area is 88.9 Å². The minimum absolute atomic E-state index is 0.282. The van der Waals surface area contributed by atoms with Crippen molar-refractivity contribution in [2.75, 3.05) is 6.61 Å². The number of allylic oxidation sites excluding steroid dienone is 2. The van der Waals surface area contributed by atoms with E-state index in [0.29, 0.717) is 12.8 Å². The summed E-state index contributed by atoms with van der Waals surface area (Å²) in [6.45, 7) is 3.66. The van der Waals surface area contributed by atoms with Gasteiger partial charge in [0.05, 0.1) is 17.9 Å². The molecule has 1 aliphatic carbocycles. The Morgan fingerprint density at radius 3 is 2.73 bits per heavy atom. The molecule has 4 nitrogen and oxygen atoms in total. The first-order chi connectivity index (χ1) is 7.02. The lowest BCUT2D eigenvalue weighted by atomic mass is 9.70. The van der Waals surface area contributed by atoms with Crippen LogP contribution in [-0.4, -0.2) is 23.7 Å². The predicted octanol–water partition coefficient (Wildman–Crippen LogP) is 1.61. The summed E-state index contributed by atoms with van der Waals surface area (Å²) in [7, 11) is 0. The zero-order valence-electron chi connectivity index (χ0n) is 9.03. The van der Waals surface area contributed by atoms with Gasteiger partial charge in [-0.25, -0.2) is 0 Å². The Morgan fingerprint density at radius 1 is 1.53 bits per heavy atom. The molecular weight excluding hydrogens is 196 g/mol. The van der Waals surface area contributed by atoms with Gasteiger partial charge in [-0.2, -0.15) is 0 Å². The van der Waals surface area contributed by atoms with Gasteiger partial charge in [-0.15, -0.1) is 0 Å². The summed E-state index contributed by atoms with van der Waals surface area (Å²) in [4.78, 5) is 22.8. The fraction of sp³-hybridized carbons (Fsp3) is 0.636. The first kappa shape index (κ1) is 11.8. The second-order valence-electron chi connectivity index (χ2n) is 3.94. The molecule has 0 heterocycles. The van der Waals surface area contributed by atoms with Gasteiger partial charge in [-0.3, -0.25) is 9.59 Å². The van der Waals surface area contributed by atoms with Crippen LogP contribution in [0.2, 0.25) is 0 Å². The molecule has 0 radical (unpaired) electrons. The van der Waals surface area contributed by atoms with Gasteiger partial charge in [0.1, 0.15) is 0 Å². The molecule has 0 saturated carbocycles. The molecule has 0 aromatic rings. The van der Waals surface area contributed by atoms with Crippen LogP contribution >= 0.6 is 0 Å². The third kappa shape index (κ3) is 2.19. The van der Waals surface area contributed by atoms with Crippen molar-refractivity contribution in [1.82, 2.24) is 0 Å². The van der Waals surface area contributed by atoms with E-state index < -0.39 is 23.3 Å². The van der Waals surface area contributed by atoms with Gasteiger partial charge in [-0.05, 0) is 26.7 Å². The topological polar surface area (TPSA) is 63.6 Å². The number of esters is 1. The first-order valence-corrected chi connectivity index (χ1v) is 5.07. The molecule has 0 bridgehead atoms. The average molecular weight is 212 g/mol. The van der Waals surface area contributed by atoms with Crippen molar-refractivity contribution in [1.29, 1.82) is 0 Å². The standard InChI is InChI=1S/C11H16O4/c1-3-15-10(14)11(2)7-5-4-6-8(11)9(12)13/h4-5,8H,3,6-7H2,1-2H3,(H,12,13). The smallest absolute Gasteiger partial charge is 0.312 e. The highest BCUT2D eigenvalue weighted by Crippen LogP contribution is 2.39. The highest BCUT2D eigenvalue weighted by Gasteiger charge is 2.46. The zero-order valence-corrected chi connectivity index (χ0v) is 9.03. The third-order valence-electron chi connectivity index (χ3n) is 2.89. The number of carboxylic acid groups (broad SMARTS) is 1. The fourth-order valence-electron chi connectivity index (χ4n) is 1.86. The van der Waals surface area contributed by atoms with Gasteiger partial charge in [0.15, 0.2) is 0 Å². The van der Waals surface area contributed by atoms with Crippen molar-refractivity contribution in [3.8, 4) is 0 Å². The Bertz CT molecular complexity index is 295. The summed E-state index contributed by atoms with van der Waals surface area (Å²) >= 11 is 0. The van der Waals surface area contributed by atoms with Gasteiger partial charge in [0.2, 0.25) is 0 Å². The van der Waals surface area contributed by atoms with Crippen LogP contribution < -0.4 is 0 Å². The number of ether oxygens (including phenoxy) is 1. The number of carboxylic acids is 1. The molecule has 0 spiro atoms. The maximum atomic E-state index is 11.7. The minimum atomic E-state index is -0.935. The average Bonchev–Trinajstić information content (AvgIpc) is 2.18. The fourth-order valence-corrected chi connectivity index (χ4v) is 1.86. The number of rotatable bonds is 3. The SMILES string of the molecule is CCOC(=O)C1(C)CC=CCC1C(=O)O. The van der Waals surface area contributed by atoms with Crippen LogP contribution in [0.3, 0.4) is 0 Å². The molecular formula is C11H16O4. The largest absolute Gasteiger partial charge is 0.481 e. The molecule has 2 unspecified atom stereocenters. The lowest BCUT2D eigenvalue weighted by Gasteiger charge is -2.33. The summed E-state index contributed by atoms with van der Waals surface area (Å²) in [5, 5.41) is 9.05. The number of hydrogen-bond donors (Lipinski definition) is 1. The summed E-state index contributed by atoms with van der Waals surface area (Å²) in [6, 6.07) is 0. The second-order valence-corrected chi connectivity index (χ2v) is 3.94. The van der Waals surface area contributed by atoms with Crippen molar-refractivity contribution in [2.24, 2.45) is 11.3 Å². The molecule has 0 fully saturated rings. The van der Waals surface area contributed by atoms with Gasteiger partial charge < -0.3 is 9.84 Å². The number of carbonyl (C=O) groups excluding carboxylic acids is 1. The van der Waals surface area contributed by atoms with Crippen LogP contribution in [0.1, 0.15) is 26.7 Å². The molecule has 2 atom stereocenters. The first-order valence-electron chi connectivity index (χ1n) is 5.07. The molecule has 15 heavy (non-hydrogen) atoms. The van der Waals surface area contributed by atoms with E-state index in [0.717, 1.165) is 0 Å². The van der Waals surface area contributed by atoms with E-state index in [9.17, 15) is 9.59 Å². The summed E-state index contributed by atoms with van der Waals surface area (Å²) < 4.78 is 4.93. The quantitative estimate of drug-likeness (QED) is 0.570. The molecule has 0 saturated heterocycles. The van der Waals surface area contributed by atoms with Crippen LogP contribution in [0.15, 0.2) is 12.2 Å². The van der Waals surface area contributed by atoms with E-state index in [1.54, 1.807) is 19.9 Å². The second kappa shape index (κ2) is 4.47. The van der Waals surface area contributed by atoms with Gasteiger partial charge in [-0.1, -0.05) is 12.2 Å². The Hall–Kier alpha value is -1.32. The maximum Gasteiger partial charge on any atom is 0.312 e. The monoisotopic (exact) mass is 212 g/mol. The van der Waals surface area contributed by atoms with Gasteiger partial charge in [0, 0.05) is 0 Å². The van der Waals surface area contributed by atoms with Crippen LogP contribution in [0.25, 0.3) is 0 Å². The van der Waals surface area contributed by atoms with Gasteiger partial charge in [0.25, 0.3) is 0 Å². The molecule has 4 heteroatoms. The van der Waals surface area contributed by atoms with Crippen molar-refractivity contribution in [3.63, 3.8) is 0 Å². The van der Waals surface area contributed by atoms with E-state index in [2.05, 4.69) is 0 Å². The number of hydrogen-bond acceptors (Lipinski definition) is 3. The highest BCUT2D eigenvalue weighted by molar-refractivity contribution is 5.85. The zero-order chi connectivity index (χ0) is 11.5. The van der Waals surface area contributed by atoms with E-state index >= 15 is 0 Å². The van der Waals surface area contributed by atoms with Crippen LogP contribution in [-0.2, 0) is 14.3 Å². The molecule has 1 N–H and O–H groups in total. The van der Waals surface area contributed by atoms with Gasteiger partial charge >= 0.3 is 11.9 Å². The maximum absolute atomic E-state index is 11.7. The molecule has 84 valence electrons. The molecule has 1 rings (SSSR count). The third-order valence-corrected chi connectivity index (χ3v) is 2.89. The van der Waals surface area contributed by atoms with Crippen molar-refractivity contribution < 1.29 is 19.4 Å². The molecule has 1 aliphatic rings. The lowest BCUT2D eigenvalue weighted by Crippen LogP contribution is -2.42. The Morgan fingerprint density at radius 2 is 2.20 bits per heavy atom. The lowest BCUT2D eigenvalue weighted by molar-refractivity contribution is -0.166. The molecule has 0 aliphatic heterocycles. The van der Waals surface area contributed by atoms with E-state index in [4.69, 9.17) is 9.84 Å². The van der Waals surface area contributed by atoms with Crippen LogP contribution in [0.4, 0.5) is 0 Å². The predicted molar refractivity (Wildman–Crippen MR) is 54.2 cm³/mol. The van der Waals surface area contributed by atoms with E-state index in [1.165, 1.54) is 0 Å². The van der Waals surface area contributed by atoms with E-state index in [-0.39, 0.29) is 6.61 Å². The Kier molecular flexibility index (Phi) is 3.50. The van der Waals surface area contributed by atoms with E-state index in [1.807, 2.05) is 6.08 Å². The molecule has 0 aromatic carbocycles. The van der Waals surface area contributed by atoms with Crippen LogP contribution in [0.5, 0.6) is 0 Å². The number of carbonyl (C=O) groups is 2. The normalized spacial score (nSPS) is 29.9. The van der Waals surface area contributed by atoms with Crippen molar-refractivity contribution in [3.05, 3.63) is 12.2 Å². The van der Waals surface area contributed by atoms with Crippen LogP contribution in [0, 0.1) is 11.3 Å². The molecule has 0 aromatic heterocycles. The van der Waals surface area contributed by atoms with Crippen molar-refractivity contribution >= 4 is 11.9 Å². The van der Waals surface area contributed by atoms with Crippen molar-refractivity contribution in [2.45, 2.75) is 26.7 Å². The minimum Gasteiger partial charge on any atom is -0.481 e. The number of aliphatic carboxylic acids is 1. The highest BCUT2D eigenvalue weighted by atomic mass is 16.5. The molecule has 0 amide bonds. The summed E-state index contributed by atoms with van der Waals surface area (Å²) in [5.41, 5.74) is -0.920. The summed E-state index contributed by atoms with van der Waals surface area (Å²) in [5.74, 6) is -2.03.